The number of hydrogen-bond acceptors (Lipinski definition) is 6. The minimum atomic E-state index is -0.533. The summed E-state index contributed by atoms with van der Waals surface area (Å²) in [5.74, 6) is 1.57. The van der Waals surface area contributed by atoms with Gasteiger partial charge in [0.25, 0.3) is 0 Å². The summed E-state index contributed by atoms with van der Waals surface area (Å²) >= 11 is 0. The third-order valence-corrected chi connectivity index (χ3v) is 4.12. The fraction of sp³-hybridized carbons (Fsp3) is 0.786. The van der Waals surface area contributed by atoms with E-state index in [0.717, 1.165) is 25.3 Å². The van der Waals surface area contributed by atoms with Crippen molar-refractivity contribution in [3.63, 3.8) is 0 Å². The molecule has 0 spiro atoms. The van der Waals surface area contributed by atoms with Gasteiger partial charge in [-0.2, -0.15) is 5.10 Å². The summed E-state index contributed by atoms with van der Waals surface area (Å²) in [7, 11) is 0. The maximum atomic E-state index is 11.6. The summed E-state index contributed by atoms with van der Waals surface area (Å²) in [5, 5.41) is 17.2. The molecular weight excluding hydrogens is 286 g/mol. The minimum Gasteiger partial charge on any atom is -0.390 e. The molecule has 8 nitrogen and oxygen atoms in total. The van der Waals surface area contributed by atoms with E-state index < -0.39 is 6.10 Å². The number of morpholine rings is 1. The Morgan fingerprint density at radius 1 is 1.45 bits per heavy atom. The smallest absolute Gasteiger partial charge is 0.222 e. The molecule has 0 aromatic carbocycles. The number of ether oxygens (including phenoxy) is 1. The normalized spacial score (nSPS) is 24.9. The number of hydrogen-bond donors (Lipinski definition) is 2. The maximum absolute atomic E-state index is 11.6. The molecule has 2 N–H and O–H groups in total. The van der Waals surface area contributed by atoms with Crippen LogP contribution in [0.3, 0.4) is 0 Å². The topological polar surface area (TPSA) is 94.6 Å². The SMILES string of the molecule is Cc1nc([C@H]2CN(C[C@H](O)CN3CCCC3=O)CCO2)n[nH]1. The molecule has 0 radical (unpaired) electrons. The van der Waals surface area contributed by atoms with Crippen LogP contribution in [0.15, 0.2) is 0 Å². The molecule has 2 aliphatic heterocycles. The van der Waals surface area contributed by atoms with Gasteiger partial charge in [-0.3, -0.25) is 14.8 Å². The van der Waals surface area contributed by atoms with E-state index in [4.69, 9.17) is 4.74 Å². The maximum Gasteiger partial charge on any atom is 0.222 e. The summed E-state index contributed by atoms with van der Waals surface area (Å²) in [4.78, 5) is 19.8. The molecule has 8 heteroatoms. The van der Waals surface area contributed by atoms with Crippen molar-refractivity contribution < 1.29 is 14.6 Å². The largest absolute Gasteiger partial charge is 0.390 e. The van der Waals surface area contributed by atoms with Crippen LogP contribution >= 0.6 is 0 Å². The second-order valence-corrected chi connectivity index (χ2v) is 6.00. The third kappa shape index (κ3) is 3.63. The monoisotopic (exact) mass is 309 g/mol. The Labute approximate surface area is 129 Å². The molecule has 22 heavy (non-hydrogen) atoms. The Balaban J connectivity index is 1.50. The standard InChI is InChI=1S/C14H23N5O3/c1-10-15-14(17-16-10)12-9-18(5-6-22-12)7-11(20)8-19-4-2-3-13(19)21/h11-12,20H,2-9H2,1H3,(H,15,16,17)/t11-,12+/m0/s1. The van der Waals surface area contributed by atoms with Crippen LogP contribution in [0.2, 0.25) is 0 Å². The zero-order valence-corrected chi connectivity index (χ0v) is 12.9. The number of carbonyl (C=O) groups excluding carboxylic acids is 1. The first kappa shape index (κ1) is 15.4. The predicted molar refractivity (Wildman–Crippen MR) is 78.1 cm³/mol. The van der Waals surface area contributed by atoms with E-state index in [1.165, 1.54) is 0 Å². The summed E-state index contributed by atoms with van der Waals surface area (Å²) in [6, 6.07) is 0. The first-order valence-corrected chi connectivity index (χ1v) is 7.80. The van der Waals surface area contributed by atoms with Crippen LogP contribution in [0.25, 0.3) is 0 Å². The number of aryl methyl sites for hydroxylation is 1. The molecule has 3 heterocycles. The van der Waals surface area contributed by atoms with E-state index in [1.807, 2.05) is 6.92 Å². The molecule has 122 valence electrons. The highest BCUT2D eigenvalue weighted by Crippen LogP contribution is 2.19. The van der Waals surface area contributed by atoms with Crippen molar-refractivity contribution in [3.05, 3.63) is 11.6 Å². The van der Waals surface area contributed by atoms with Gasteiger partial charge in [-0.15, -0.1) is 0 Å². The van der Waals surface area contributed by atoms with Crippen molar-refractivity contribution in [1.29, 1.82) is 0 Å². The molecule has 2 saturated heterocycles. The summed E-state index contributed by atoms with van der Waals surface area (Å²) in [5.41, 5.74) is 0. The average molecular weight is 309 g/mol. The van der Waals surface area contributed by atoms with E-state index in [9.17, 15) is 9.90 Å². The predicted octanol–water partition coefficient (Wildman–Crippen LogP) is -0.530. The zero-order chi connectivity index (χ0) is 15.5. The molecule has 1 aromatic rings. The number of aromatic amines is 1. The number of aliphatic hydroxyl groups excluding tert-OH is 1. The number of carbonyl (C=O) groups is 1. The molecule has 0 unspecified atom stereocenters. The minimum absolute atomic E-state index is 0.148. The number of likely N-dealkylation sites (tertiary alicyclic amines) is 1. The number of aliphatic hydroxyl groups is 1. The second kappa shape index (κ2) is 6.72. The van der Waals surface area contributed by atoms with E-state index in [0.29, 0.717) is 38.5 Å². The van der Waals surface area contributed by atoms with Crippen LogP contribution in [-0.4, -0.2) is 81.4 Å². The van der Waals surface area contributed by atoms with Crippen molar-refractivity contribution in [2.75, 3.05) is 39.3 Å². The lowest BCUT2D eigenvalue weighted by Crippen LogP contribution is -2.45. The quantitative estimate of drug-likeness (QED) is 0.759. The van der Waals surface area contributed by atoms with E-state index >= 15 is 0 Å². The van der Waals surface area contributed by atoms with Gasteiger partial charge in [0.1, 0.15) is 11.9 Å². The number of rotatable bonds is 5. The molecule has 1 amide bonds. The molecule has 1 aromatic heterocycles. The van der Waals surface area contributed by atoms with Crippen molar-refractivity contribution in [1.82, 2.24) is 25.0 Å². The van der Waals surface area contributed by atoms with Crippen LogP contribution in [0.1, 0.15) is 30.6 Å². The first-order valence-electron chi connectivity index (χ1n) is 7.80. The van der Waals surface area contributed by atoms with Gasteiger partial charge in [0.15, 0.2) is 5.82 Å². The Kier molecular flexibility index (Phi) is 4.70. The van der Waals surface area contributed by atoms with Crippen LogP contribution in [0, 0.1) is 6.92 Å². The van der Waals surface area contributed by atoms with Crippen molar-refractivity contribution in [2.45, 2.75) is 32.0 Å². The molecule has 2 aliphatic rings. The lowest BCUT2D eigenvalue weighted by molar-refractivity contribution is -0.129. The Morgan fingerprint density at radius 3 is 3.00 bits per heavy atom. The van der Waals surface area contributed by atoms with Crippen LogP contribution in [-0.2, 0) is 9.53 Å². The highest BCUT2D eigenvalue weighted by atomic mass is 16.5. The molecule has 0 bridgehead atoms. The van der Waals surface area contributed by atoms with Gasteiger partial charge < -0.3 is 14.7 Å². The summed E-state index contributed by atoms with van der Waals surface area (Å²) in [6.45, 7) is 5.58. The first-order chi connectivity index (χ1) is 10.6. The molecular formula is C14H23N5O3. The van der Waals surface area contributed by atoms with Crippen LogP contribution in [0.4, 0.5) is 0 Å². The lowest BCUT2D eigenvalue weighted by atomic mass is 10.2. The van der Waals surface area contributed by atoms with E-state index in [-0.39, 0.29) is 12.0 Å². The number of nitrogens with one attached hydrogen (secondary N) is 1. The average Bonchev–Trinajstić information content (AvgIpc) is 3.09. The van der Waals surface area contributed by atoms with Gasteiger partial charge in [-0.05, 0) is 13.3 Å². The van der Waals surface area contributed by atoms with Crippen molar-refractivity contribution >= 4 is 5.91 Å². The van der Waals surface area contributed by atoms with Gasteiger partial charge in [-0.1, -0.05) is 0 Å². The number of nitrogens with zero attached hydrogens (tertiary/aromatic N) is 4. The highest BCUT2D eigenvalue weighted by molar-refractivity contribution is 5.78. The van der Waals surface area contributed by atoms with Crippen molar-refractivity contribution in [3.8, 4) is 0 Å². The van der Waals surface area contributed by atoms with Crippen LogP contribution < -0.4 is 0 Å². The van der Waals surface area contributed by atoms with Crippen molar-refractivity contribution in [2.24, 2.45) is 0 Å². The van der Waals surface area contributed by atoms with Gasteiger partial charge in [0.2, 0.25) is 5.91 Å². The summed E-state index contributed by atoms with van der Waals surface area (Å²) in [6.07, 6.45) is 0.806. The fourth-order valence-corrected chi connectivity index (χ4v) is 3.04. The lowest BCUT2D eigenvalue weighted by Gasteiger charge is -2.33. The molecule has 3 rings (SSSR count). The summed E-state index contributed by atoms with van der Waals surface area (Å²) < 4.78 is 5.71. The Morgan fingerprint density at radius 2 is 2.32 bits per heavy atom. The van der Waals surface area contributed by atoms with Gasteiger partial charge in [0.05, 0.1) is 12.7 Å². The third-order valence-electron chi connectivity index (χ3n) is 4.12. The Bertz CT molecular complexity index is 520. The number of H-pyrrole nitrogens is 1. The number of aromatic nitrogens is 3. The van der Waals surface area contributed by atoms with E-state index in [2.05, 4.69) is 20.1 Å². The zero-order valence-electron chi connectivity index (χ0n) is 12.9. The molecule has 0 aliphatic carbocycles. The molecule has 2 atom stereocenters. The van der Waals surface area contributed by atoms with Gasteiger partial charge in [-0.25, -0.2) is 4.98 Å². The highest BCUT2D eigenvalue weighted by Gasteiger charge is 2.28. The molecule has 0 saturated carbocycles. The fourth-order valence-electron chi connectivity index (χ4n) is 3.04. The van der Waals surface area contributed by atoms with E-state index in [1.54, 1.807) is 4.90 Å². The second-order valence-electron chi connectivity index (χ2n) is 6.00. The van der Waals surface area contributed by atoms with Gasteiger partial charge in [0, 0.05) is 39.1 Å². The number of amides is 1. The number of β-amino-alcohol motifs (C(OH)–C–C–N with tert-alkyl or cyclic N) is 1. The van der Waals surface area contributed by atoms with Gasteiger partial charge >= 0.3 is 0 Å². The molecule has 2 fully saturated rings. The van der Waals surface area contributed by atoms with Crippen LogP contribution in [0.5, 0.6) is 0 Å². The Hall–Kier alpha value is -1.51.